The van der Waals surface area contributed by atoms with Crippen LogP contribution in [0.5, 0.6) is 0 Å². The summed E-state index contributed by atoms with van der Waals surface area (Å²) in [5.41, 5.74) is -0.421. The highest BCUT2D eigenvalue weighted by molar-refractivity contribution is 5.81. The summed E-state index contributed by atoms with van der Waals surface area (Å²) in [4.78, 5) is 11.8. The van der Waals surface area contributed by atoms with Gasteiger partial charge in [0.25, 0.3) is 0 Å². The Balaban J connectivity index is 1.95. The normalized spacial score (nSPS) is 38.5. The Labute approximate surface area is 95.1 Å². The number of hydrogen-bond donors (Lipinski definition) is 2. The van der Waals surface area contributed by atoms with Gasteiger partial charge in [0.15, 0.2) is 0 Å². The number of aliphatic hydroxyl groups excluding tert-OH is 1. The van der Waals surface area contributed by atoms with Crippen LogP contribution < -0.4 is 5.32 Å². The van der Waals surface area contributed by atoms with Crippen molar-refractivity contribution in [1.82, 2.24) is 5.32 Å². The monoisotopic (exact) mass is 229 g/mol. The lowest BCUT2D eigenvalue weighted by atomic mass is 9.95. The lowest BCUT2D eigenvalue weighted by Gasteiger charge is -2.23. The van der Waals surface area contributed by atoms with Crippen LogP contribution >= 0.6 is 0 Å². The van der Waals surface area contributed by atoms with Gasteiger partial charge in [-0.1, -0.05) is 20.8 Å². The predicted octanol–water partition coefficient (Wildman–Crippen LogP) is -0.324. The lowest BCUT2D eigenvalue weighted by molar-refractivity contribution is -0.130. The highest BCUT2D eigenvalue weighted by atomic mass is 16.6. The number of aliphatic hydroxyl groups is 1. The quantitative estimate of drug-likeness (QED) is 0.646. The summed E-state index contributed by atoms with van der Waals surface area (Å²) in [7, 11) is 0. The van der Waals surface area contributed by atoms with Crippen molar-refractivity contribution in [1.29, 1.82) is 0 Å². The van der Waals surface area contributed by atoms with Gasteiger partial charge in [-0.25, -0.2) is 0 Å². The van der Waals surface area contributed by atoms with Crippen molar-refractivity contribution in [3.63, 3.8) is 0 Å². The van der Waals surface area contributed by atoms with E-state index >= 15 is 0 Å². The van der Waals surface area contributed by atoms with E-state index < -0.39 is 11.5 Å². The van der Waals surface area contributed by atoms with E-state index in [-0.39, 0.29) is 30.8 Å². The summed E-state index contributed by atoms with van der Waals surface area (Å²) in [5, 5.41) is 12.5. The molecule has 0 saturated carbocycles. The van der Waals surface area contributed by atoms with E-state index in [0.29, 0.717) is 6.61 Å². The van der Waals surface area contributed by atoms with Crippen LogP contribution in [0.2, 0.25) is 0 Å². The molecule has 0 radical (unpaired) electrons. The van der Waals surface area contributed by atoms with Crippen LogP contribution in [0.1, 0.15) is 20.8 Å². The third-order valence-electron chi connectivity index (χ3n) is 3.02. The smallest absolute Gasteiger partial charge is 0.225 e. The van der Waals surface area contributed by atoms with Crippen LogP contribution in [-0.4, -0.2) is 48.6 Å². The molecule has 2 heterocycles. The molecule has 2 N–H and O–H groups in total. The SMILES string of the molecule is CC(C)(C)C(=O)NC1COC2C(O)COC12. The average molecular weight is 229 g/mol. The van der Waals surface area contributed by atoms with Gasteiger partial charge < -0.3 is 19.9 Å². The summed E-state index contributed by atoms with van der Waals surface area (Å²) in [6, 6.07) is -0.145. The molecule has 5 nitrogen and oxygen atoms in total. The topological polar surface area (TPSA) is 67.8 Å². The summed E-state index contributed by atoms with van der Waals surface area (Å²) in [5.74, 6) is -0.0215. The summed E-state index contributed by atoms with van der Waals surface area (Å²) < 4.78 is 10.9. The van der Waals surface area contributed by atoms with Gasteiger partial charge in [-0.05, 0) is 0 Å². The molecule has 1 amide bonds. The van der Waals surface area contributed by atoms with Crippen molar-refractivity contribution >= 4 is 5.91 Å². The van der Waals surface area contributed by atoms with Crippen LogP contribution in [0, 0.1) is 5.41 Å². The Morgan fingerprint density at radius 3 is 2.50 bits per heavy atom. The van der Waals surface area contributed by atoms with Crippen molar-refractivity contribution < 1.29 is 19.4 Å². The standard InChI is InChI=1S/C11H19NO4/c1-11(2,3)10(14)12-6-4-15-9-7(13)5-16-8(6)9/h6-9,13H,4-5H2,1-3H3,(H,12,14). The number of fused-ring (bicyclic) bond motifs is 1. The van der Waals surface area contributed by atoms with E-state index in [9.17, 15) is 9.90 Å². The highest BCUT2D eigenvalue weighted by Gasteiger charge is 2.48. The molecule has 2 fully saturated rings. The molecule has 2 saturated heterocycles. The summed E-state index contributed by atoms with van der Waals surface area (Å²) in [6.07, 6.45) is -1.06. The Morgan fingerprint density at radius 2 is 1.88 bits per heavy atom. The van der Waals surface area contributed by atoms with Gasteiger partial charge in [-0.2, -0.15) is 0 Å². The largest absolute Gasteiger partial charge is 0.388 e. The van der Waals surface area contributed by atoms with Crippen molar-refractivity contribution in [3.05, 3.63) is 0 Å². The molecule has 0 aromatic rings. The summed E-state index contributed by atoms with van der Waals surface area (Å²) >= 11 is 0. The minimum atomic E-state index is -0.568. The maximum atomic E-state index is 11.8. The van der Waals surface area contributed by atoms with E-state index in [1.807, 2.05) is 20.8 Å². The van der Waals surface area contributed by atoms with Gasteiger partial charge in [-0.3, -0.25) is 4.79 Å². The zero-order valence-corrected chi connectivity index (χ0v) is 9.90. The van der Waals surface area contributed by atoms with Crippen LogP contribution in [0.4, 0.5) is 0 Å². The van der Waals surface area contributed by atoms with Gasteiger partial charge in [0.2, 0.25) is 5.91 Å². The zero-order valence-electron chi connectivity index (χ0n) is 9.90. The first-order valence-electron chi connectivity index (χ1n) is 5.62. The number of carbonyl (C=O) groups is 1. The fourth-order valence-corrected chi connectivity index (χ4v) is 1.99. The molecule has 0 spiro atoms. The Kier molecular flexibility index (Phi) is 2.94. The number of hydrogen-bond acceptors (Lipinski definition) is 4. The maximum Gasteiger partial charge on any atom is 0.225 e. The first kappa shape index (κ1) is 11.8. The van der Waals surface area contributed by atoms with Crippen LogP contribution in [0.15, 0.2) is 0 Å². The molecule has 0 aromatic carbocycles. The second-order valence-corrected chi connectivity index (χ2v) is 5.49. The third-order valence-corrected chi connectivity index (χ3v) is 3.02. The number of amides is 1. The minimum Gasteiger partial charge on any atom is -0.388 e. The fourth-order valence-electron chi connectivity index (χ4n) is 1.99. The number of nitrogens with one attached hydrogen (secondary N) is 1. The van der Waals surface area contributed by atoms with Gasteiger partial charge in [0, 0.05) is 5.41 Å². The molecule has 5 heteroatoms. The third kappa shape index (κ3) is 2.07. The molecule has 2 aliphatic heterocycles. The zero-order chi connectivity index (χ0) is 11.9. The number of carbonyl (C=O) groups excluding carboxylic acids is 1. The first-order chi connectivity index (χ1) is 7.39. The van der Waals surface area contributed by atoms with E-state index in [0.717, 1.165) is 0 Å². The van der Waals surface area contributed by atoms with Gasteiger partial charge in [0.05, 0.1) is 19.3 Å². The van der Waals surface area contributed by atoms with Gasteiger partial charge >= 0.3 is 0 Å². The second kappa shape index (κ2) is 3.98. The molecule has 0 aromatic heterocycles. The molecular weight excluding hydrogens is 210 g/mol. The van der Waals surface area contributed by atoms with E-state index in [1.54, 1.807) is 0 Å². The molecule has 4 unspecified atom stereocenters. The molecule has 0 aliphatic carbocycles. The Morgan fingerprint density at radius 1 is 1.25 bits per heavy atom. The van der Waals surface area contributed by atoms with Gasteiger partial charge in [-0.15, -0.1) is 0 Å². The molecular formula is C11H19NO4. The summed E-state index contributed by atoms with van der Waals surface area (Å²) in [6.45, 7) is 6.28. The van der Waals surface area contributed by atoms with Crippen molar-refractivity contribution in [2.45, 2.75) is 45.1 Å². The molecule has 0 bridgehead atoms. The Hall–Kier alpha value is -0.650. The molecule has 4 atom stereocenters. The second-order valence-electron chi connectivity index (χ2n) is 5.49. The number of ether oxygens (including phenoxy) is 2. The van der Waals surface area contributed by atoms with Crippen molar-refractivity contribution in [2.24, 2.45) is 5.41 Å². The minimum absolute atomic E-state index is 0.0215. The molecule has 92 valence electrons. The van der Waals surface area contributed by atoms with Crippen molar-refractivity contribution in [2.75, 3.05) is 13.2 Å². The van der Waals surface area contributed by atoms with E-state index in [2.05, 4.69) is 5.32 Å². The lowest BCUT2D eigenvalue weighted by Crippen LogP contribution is -2.48. The first-order valence-corrected chi connectivity index (χ1v) is 5.62. The predicted molar refractivity (Wildman–Crippen MR) is 56.9 cm³/mol. The van der Waals surface area contributed by atoms with Crippen LogP contribution in [0.25, 0.3) is 0 Å². The van der Waals surface area contributed by atoms with Gasteiger partial charge in [0.1, 0.15) is 18.3 Å². The van der Waals surface area contributed by atoms with Crippen LogP contribution in [-0.2, 0) is 14.3 Å². The fraction of sp³-hybridized carbons (Fsp3) is 0.909. The molecule has 2 aliphatic rings. The maximum absolute atomic E-state index is 11.8. The van der Waals surface area contributed by atoms with E-state index in [1.165, 1.54) is 0 Å². The van der Waals surface area contributed by atoms with E-state index in [4.69, 9.17) is 9.47 Å². The van der Waals surface area contributed by atoms with Crippen molar-refractivity contribution in [3.8, 4) is 0 Å². The highest BCUT2D eigenvalue weighted by Crippen LogP contribution is 2.27. The Bertz CT molecular complexity index is 286. The number of rotatable bonds is 1. The molecule has 2 rings (SSSR count). The van der Waals surface area contributed by atoms with Crippen LogP contribution in [0.3, 0.4) is 0 Å². The average Bonchev–Trinajstić information content (AvgIpc) is 2.70. The molecule has 16 heavy (non-hydrogen) atoms.